The molecule has 2 rings (SSSR count). The maximum absolute atomic E-state index is 11.5. The van der Waals surface area contributed by atoms with E-state index < -0.39 is 4.92 Å². The van der Waals surface area contributed by atoms with Crippen molar-refractivity contribution in [1.82, 2.24) is 4.90 Å². The molecular formula is C15H20N2O4. The molecular weight excluding hydrogens is 272 g/mol. The van der Waals surface area contributed by atoms with Gasteiger partial charge in [-0.25, -0.2) is 0 Å². The van der Waals surface area contributed by atoms with Crippen molar-refractivity contribution in [2.45, 2.75) is 32.2 Å². The predicted molar refractivity (Wildman–Crippen MR) is 78.9 cm³/mol. The largest absolute Gasteiger partial charge is 0.494 e. The topological polar surface area (TPSA) is 72.7 Å². The predicted octanol–water partition coefficient (Wildman–Crippen LogP) is 2.66. The minimum absolute atomic E-state index is 0.0930. The number of nitrogens with zero attached hydrogens (tertiary/aromatic N) is 2. The number of ketones is 1. The summed E-state index contributed by atoms with van der Waals surface area (Å²) in [6.07, 6.45) is 3.31. The van der Waals surface area contributed by atoms with Gasteiger partial charge in [0.05, 0.1) is 17.1 Å². The molecule has 1 aliphatic rings. The van der Waals surface area contributed by atoms with Gasteiger partial charge in [-0.1, -0.05) is 0 Å². The lowest BCUT2D eigenvalue weighted by Gasteiger charge is -2.19. The Labute approximate surface area is 123 Å². The zero-order valence-electron chi connectivity index (χ0n) is 12.4. The maximum Gasteiger partial charge on any atom is 0.280 e. The van der Waals surface area contributed by atoms with Crippen molar-refractivity contribution in [2.75, 3.05) is 20.2 Å². The van der Waals surface area contributed by atoms with Crippen LogP contribution in [0.5, 0.6) is 5.75 Å². The van der Waals surface area contributed by atoms with E-state index in [9.17, 15) is 14.9 Å². The van der Waals surface area contributed by atoms with Gasteiger partial charge in [0.1, 0.15) is 5.75 Å². The molecule has 0 bridgehead atoms. The smallest absolute Gasteiger partial charge is 0.280 e. The molecule has 0 radical (unpaired) electrons. The normalized spacial score (nSPS) is 18.7. The van der Waals surface area contributed by atoms with Crippen molar-refractivity contribution in [2.24, 2.45) is 0 Å². The first-order chi connectivity index (χ1) is 9.99. The van der Waals surface area contributed by atoms with Crippen LogP contribution in [0.4, 0.5) is 5.69 Å². The fourth-order valence-electron chi connectivity index (χ4n) is 2.70. The van der Waals surface area contributed by atoms with Crippen LogP contribution in [0.1, 0.15) is 36.5 Å². The molecule has 1 unspecified atom stereocenters. The van der Waals surface area contributed by atoms with E-state index in [4.69, 9.17) is 4.74 Å². The van der Waals surface area contributed by atoms with Crippen LogP contribution in [0, 0.1) is 10.1 Å². The highest BCUT2D eigenvalue weighted by atomic mass is 16.6. The van der Waals surface area contributed by atoms with Crippen molar-refractivity contribution in [3.63, 3.8) is 0 Å². The van der Waals surface area contributed by atoms with Crippen molar-refractivity contribution < 1.29 is 14.5 Å². The van der Waals surface area contributed by atoms with Gasteiger partial charge in [-0.05, 0) is 51.9 Å². The first-order valence-electron chi connectivity index (χ1n) is 7.11. The van der Waals surface area contributed by atoms with Crippen molar-refractivity contribution in [3.05, 3.63) is 33.9 Å². The molecule has 0 spiro atoms. The second-order valence-electron chi connectivity index (χ2n) is 5.41. The van der Waals surface area contributed by atoms with Gasteiger partial charge < -0.3 is 9.64 Å². The molecule has 0 amide bonds. The van der Waals surface area contributed by atoms with Gasteiger partial charge in [0.2, 0.25) is 0 Å². The summed E-state index contributed by atoms with van der Waals surface area (Å²) in [5.74, 6) is 0.175. The molecule has 1 aromatic carbocycles. The van der Waals surface area contributed by atoms with Gasteiger partial charge in [-0.3, -0.25) is 14.9 Å². The van der Waals surface area contributed by atoms with Crippen molar-refractivity contribution >= 4 is 11.5 Å². The van der Waals surface area contributed by atoms with E-state index in [-0.39, 0.29) is 17.0 Å². The van der Waals surface area contributed by atoms with E-state index in [0.29, 0.717) is 18.4 Å². The minimum Gasteiger partial charge on any atom is -0.494 e. The Morgan fingerprint density at radius 3 is 2.86 bits per heavy atom. The Kier molecular flexibility index (Phi) is 4.90. The standard InChI is InChI=1S/C15H20N2O4/c1-11(18)14-10-13(5-6-15(14)17(19)20)21-9-7-12-4-3-8-16(12)2/h5-6,10,12H,3-4,7-9H2,1-2H3. The van der Waals surface area contributed by atoms with Crippen LogP contribution >= 0.6 is 0 Å². The maximum atomic E-state index is 11.5. The molecule has 21 heavy (non-hydrogen) atoms. The summed E-state index contributed by atoms with van der Waals surface area (Å²) in [7, 11) is 2.11. The second kappa shape index (κ2) is 6.67. The van der Waals surface area contributed by atoms with Crippen LogP contribution in [0.15, 0.2) is 18.2 Å². The molecule has 6 heteroatoms. The van der Waals surface area contributed by atoms with Gasteiger partial charge in [-0.2, -0.15) is 0 Å². The molecule has 0 aliphatic carbocycles. The number of rotatable bonds is 6. The SMILES string of the molecule is CC(=O)c1cc(OCCC2CCCN2C)ccc1[N+](=O)[O-]. The lowest BCUT2D eigenvalue weighted by Crippen LogP contribution is -2.26. The number of nitro groups is 1. The number of benzene rings is 1. The average molecular weight is 292 g/mol. The Morgan fingerprint density at radius 1 is 1.52 bits per heavy atom. The molecule has 114 valence electrons. The van der Waals surface area contributed by atoms with E-state index >= 15 is 0 Å². The number of carbonyl (C=O) groups excluding carboxylic acids is 1. The Morgan fingerprint density at radius 2 is 2.29 bits per heavy atom. The van der Waals surface area contributed by atoms with E-state index in [1.54, 1.807) is 6.07 Å². The first-order valence-corrected chi connectivity index (χ1v) is 7.11. The summed E-state index contributed by atoms with van der Waals surface area (Å²) in [6.45, 7) is 2.99. The van der Waals surface area contributed by atoms with Crippen LogP contribution in [-0.2, 0) is 0 Å². The van der Waals surface area contributed by atoms with Gasteiger partial charge in [0, 0.05) is 12.1 Å². The lowest BCUT2D eigenvalue weighted by atomic mass is 10.1. The van der Waals surface area contributed by atoms with E-state index in [0.717, 1.165) is 13.0 Å². The summed E-state index contributed by atoms with van der Waals surface area (Å²) in [5, 5.41) is 10.9. The molecule has 6 nitrogen and oxygen atoms in total. The number of carbonyl (C=O) groups is 1. The lowest BCUT2D eigenvalue weighted by molar-refractivity contribution is -0.385. The quantitative estimate of drug-likeness (QED) is 0.458. The van der Waals surface area contributed by atoms with Crippen LogP contribution in [-0.4, -0.2) is 41.8 Å². The molecule has 1 fully saturated rings. The highest BCUT2D eigenvalue weighted by molar-refractivity contribution is 5.98. The van der Waals surface area contributed by atoms with Gasteiger partial charge >= 0.3 is 0 Å². The second-order valence-corrected chi connectivity index (χ2v) is 5.41. The first kappa shape index (κ1) is 15.4. The minimum atomic E-state index is -0.548. The van der Waals surface area contributed by atoms with Gasteiger partial charge in [0.25, 0.3) is 5.69 Å². The summed E-state index contributed by atoms with van der Waals surface area (Å²) in [5.41, 5.74) is -0.0825. The van der Waals surface area contributed by atoms with Crippen LogP contribution in [0.25, 0.3) is 0 Å². The molecule has 1 atom stereocenters. The van der Waals surface area contributed by atoms with Gasteiger partial charge in [0.15, 0.2) is 5.78 Å². The molecule has 0 N–H and O–H groups in total. The van der Waals surface area contributed by atoms with Crippen LogP contribution in [0.2, 0.25) is 0 Å². The third-order valence-electron chi connectivity index (χ3n) is 3.94. The fourth-order valence-corrected chi connectivity index (χ4v) is 2.70. The Balaban J connectivity index is 1.99. The zero-order valence-corrected chi connectivity index (χ0v) is 12.4. The summed E-state index contributed by atoms with van der Waals surface area (Å²) >= 11 is 0. The van der Waals surface area contributed by atoms with Crippen LogP contribution < -0.4 is 4.74 Å². The average Bonchev–Trinajstić information content (AvgIpc) is 2.84. The Hall–Kier alpha value is -1.95. The summed E-state index contributed by atoms with van der Waals surface area (Å²) in [4.78, 5) is 24.1. The molecule has 1 aliphatic heterocycles. The summed E-state index contributed by atoms with van der Waals surface area (Å²) in [6, 6.07) is 4.87. The van der Waals surface area contributed by atoms with E-state index in [2.05, 4.69) is 11.9 Å². The third kappa shape index (κ3) is 3.78. The molecule has 1 aromatic rings. The number of likely N-dealkylation sites (tertiary alicyclic amines) is 1. The van der Waals surface area contributed by atoms with Gasteiger partial charge in [-0.15, -0.1) is 0 Å². The van der Waals surface area contributed by atoms with E-state index in [1.165, 1.54) is 31.9 Å². The third-order valence-corrected chi connectivity index (χ3v) is 3.94. The number of hydrogen-bond donors (Lipinski definition) is 0. The van der Waals surface area contributed by atoms with Crippen molar-refractivity contribution in [3.8, 4) is 5.75 Å². The fraction of sp³-hybridized carbons (Fsp3) is 0.533. The molecule has 1 heterocycles. The van der Waals surface area contributed by atoms with Crippen LogP contribution in [0.3, 0.4) is 0 Å². The van der Waals surface area contributed by atoms with E-state index in [1.807, 2.05) is 0 Å². The Bertz CT molecular complexity index is 544. The van der Waals surface area contributed by atoms with Crippen molar-refractivity contribution in [1.29, 1.82) is 0 Å². The number of nitro benzene ring substituents is 1. The molecule has 0 saturated carbocycles. The number of hydrogen-bond acceptors (Lipinski definition) is 5. The number of ether oxygens (including phenoxy) is 1. The molecule has 1 saturated heterocycles. The number of Topliss-reactive ketones (excluding diaryl/α,β-unsaturated/α-hetero) is 1. The monoisotopic (exact) mass is 292 g/mol. The molecule has 0 aromatic heterocycles. The highest BCUT2D eigenvalue weighted by Crippen LogP contribution is 2.25. The highest BCUT2D eigenvalue weighted by Gasteiger charge is 2.21. The summed E-state index contributed by atoms with van der Waals surface area (Å²) < 4.78 is 5.64. The zero-order chi connectivity index (χ0) is 15.4.